The number of allylic oxidation sites excluding steroid dienone is 1. The average Bonchev–Trinajstić information content (AvgIpc) is 3.33. The maximum absolute atomic E-state index is 14.2. The number of ketones is 2. The molecule has 0 saturated carbocycles. The number of rotatable bonds is 6. The molecule has 0 bridgehead atoms. The van der Waals surface area contributed by atoms with E-state index in [0.29, 0.717) is 29.3 Å². The number of benzene rings is 1. The number of phenols is 1. The van der Waals surface area contributed by atoms with Crippen molar-refractivity contribution in [1.82, 2.24) is 9.80 Å². The summed E-state index contributed by atoms with van der Waals surface area (Å²) < 4.78 is 5.97. The summed E-state index contributed by atoms with van der Waals surface area (Å²) in [6.07, 6.45) is 0.215. The summed E-state index contributed by atoms with van der Waals surface area (Å²) in [6, 6.07) is 4.18. The van der Waals surface area contributed by atoms with Crippen molar-refractivity contribution in [2.45, 2.75) is 31.0 Å². The number of furan rings is 1. The molecular weight excluding hydrogens is 544 g/mol. The highest BCUT2D eigenvalue weighted by atomic mass is 16.4. The first kappa shape index (κ1) is 29.4. The van der Waals surface area contributed by atoms with Gasteiger partial charge in [-0.05, 0) is 70.7 Å². The molecule has 1 heterocycles. The van der Waals surface area contributed by atoms with Crippen LogP contribution in [0.2, 0.25) is 0 Å². The predicted molar refractivity (Wildman–Crippen MR) is 153 cm³/mol. The number of aliphatic hydroxyl groups excluding tert-OH is 2. The number of Topliss-reactive ketones (excluding diaryl/α,β-unsaturated/α-hetero) is 2. The molecule has 6 N–H and O–H groups in total. The fourth-order valence-corrected chi connectivity index (χ4v) is 6.81. The van der Waals surface area contributed by atoms with Gasteiger partial charge in [0.15, 0.2) is 11.4 Å². The van der Waals surface area contributed by atoms with Gasteiger partial charge >= 0.3 is 0 Å². The summed E-state index contributed by atoms with van der Waals surface area (Å²) in [7, 11) is 10.6. The van der Waals surface area contributed by atoms with E-state index in [1.54, 1.807) is 46.4 Å². The number of aliphatic hydroxyl groups is 3. The Morgan fingerprint density at radius 2 is 1.76 bits per heavy atom. The molecule has 4 atom stereocenters. The van der Waals surface area contributed by atoms with Gasteiger partial charge in [-0.15, -0.1) is 0 Å². The van der Waals surface area contributed by atoms with Crippen molar-refractivity contribution >= 4 is 23.2 Å². The smallest absolute Gasteiger partial charge is 0.255 e. The van der Waals surface area contributed by atoms with E-state index >= 15 is 0 Å². The lowest BCUT2D eigenvalue weighted by molar-refractivity contribution is -0.148. The lowest BCUT2D eigenvalue weighted by atomic mass is 9.58. The predicted octanol–water partition coefficient (Wildman–Crippen LogP) is 1.51. The zero-order valence-electron chi connectivity index (χ0n) is 24.4. The number of hydrogen-bond donors (Lipinski definition) is 5. The minimum Gasteiger partial charge on any atom is -0.510 e. The van der Waals surface area contributed by atoms with Gasteiger partial charge in [-0.2, -0.15) is 0 Å². The number of likely N-dealkylation sites (N-methyl/N-ethyl adjacent to an activating group) is 1. The van der Waals surface area contributed by atoms with Gasteiger partial charge in [0, 0.05) is 31.3 Å². The molecule has 0 radical (unpaired) electrons. The standard InChI is InChI=1S/C30H36N4O8/c1-32(2)12-14-7-8-19(42-14)16-11-18(33(3)4)15-9-13-10-17-23(34(5)6)26(37)22(29(31)40)28(39)30(17,41)27(38)20(13)25(36)21(15)24(16)35/h7-8,11,13,17,23,35,37-38,41H,9-10,12H2,1-6H3,(H2,31,40)/t13-,17-,23?,30+/m1/s1. The molecule has 1 aromatic heterocycles. The number of carbonyl (C=O) groups excluding carboxylic acids is 3. The number of hydrogen-bond acceptors (Lipinski definition) is 11. The van der Waals surface area contributed by atoms with Gasteiger partial charge in [-0.25, -0.2) is 0 Å². The Hall–Kier alpha value is -4.13. The molecule has 12 heteroatoms. The van der Waals surface area contributed by atoms with Gasteiger partial charge in [-0.3, -0.25) is 19.3 Å². The van der Waals surface area contributed by atoms with E-state index in [0.717, 1.165) is 0 Å². The highest BCUT2D eigenvalue weighted by Gasteiger charge is 2.63. The van der Waals surface area contributed by atoms with Gasteiger partial charge in [0.2, 0.25) is 5.78 Å². The number of primary amides is 1. The van der Waals surface area contributed by atoms with Crippen LogP contribution >= 0.6 is 0 Å². The fraction of sp³-hybridized carbons (Fsp3) is 0.433. The molecule has 1 amide bonds. The summed E-state index contributed by atoms with van der Waals surface area (Å²) >= 11 is 0. The number of carbonyl (C=O) groups is 3. The maximum atomic E-state index is 14.2. The van der Waals surface area contributed by atoms with Crippen molar-refractivity contribution in [3.05, 3.63) is 57.8 Å². The molecule has 0 fully saturated rings. The monoisotopic (exact) mass is 580 g/mol. The molecule has 3 aliphatic rings. The largest absolute Gasteiger partial charge is 0.510 e. The van der Waals surface area contributed by atoms with E-state index < -0.39 is 58.0 Å². The number of nitrogens with zero attached hydrogens (tertiary/aromatic N) is 3. The van der Waals surface area contributed by atoms with Crippen molar-refractivity contribution in [1.29, 1.82) is 0 Å². The fourth-order valence-electron chi connectivity index (χ4n) is 6.81. The molecule has 2 aromatic rings. The van der Waals surface area contributed by atoms with E-state index in [2.05, 4.69) is 0 Å². The van der Waals surface area contributed by atoms with Crippen LogP contribution in [0.4, 0.5) is 5.69 Å². The van der Waals surface area contributed by atoms with E-state index in [-0.39, 0.29) is 35.3 Å². The Morgan fingerprint density at radius 3 is 2.33 bits per heavy atom. The summed E-state index contributed by atoms with van der Waals surface area (Å²) in [5.41, 5.74) is 3.06. The average molecular weight is 581 g/mol. The second kappa shape index (κ2) is 10.0. The number of nitrogens with two attached hydrogens (primary N) is 1. The molecule has 42 heavy (non-hydrogen) atoms. The normalized spacial score (nSPS) is 25.6. The van der Waals surface area contributed by atoms with Crippen molar-refractivity contribution < 1.29 is 39.2 Å². The maximum Gasteiger partial charge on any atom is 0.255 e. The zero-order valence-corrected chi connectivity index (χ0v) is 24.4. The number of aromatic hydroxyl groups is 1. The SMILES string of the molecule is CN(C)Cc1ccc(-c2cc(N(C)C)c3c(c2O)C(=O)C2=C(O)[C@]4(O)C(=O)C(C(N)=O)=C(O)C(N(C)C)[C@H]4C[C@H]2C3)o1. The van der Waals surface area contributed by atoms with Crippen molar-refractivity contribution in [2.24, 2.45) is 17.6 Å². The molecule has 1 aromatic carbocycles. The van der Waals surface area contributed by atoms with Crippen LogP contribution in [0.3, 0.4) is 0 Å². The first-order chi connectivity index (χ1) is 19.6. The van der Waals surface area contributed by atoms with Gasteiger partial charge in [0.05, 0.1) is 23.7 Å². The highest BCUT2D eigenvalue weighted by Crippen LogP contribution is 2.54. The summed E-state index contributed by atoms with van der Waals surface area (Å²) in [6.45, 7) is 0.520. The molecular formula is C30H36N4O8. The Kier molecular flexibility index (Phi) is 6.99. The Labute approximate surface area is 242 Å². The third-order valence-corrected chi connectivity index (χ3v) is 8.58. The first-order valence-corrected chi connectivity index (χ1v) is 13.6. The van der Waals surface area contributed by atoms with Crippen molar-refractivity contribution in [2.75, 3.05) is 47.2 Å². The van der Waals surface area contributed by atoms with Gasteiger partial charge < -0.3 is 40.4 Å². The van der Waals surface area contributed by atoms with Gasteiger partial charge in [0.1, 0.15) is 34.4 Å². The zero-order chi connectivity index (χ0) is 31.0. The van der Waals surface area contributed by atoms with Crippen LogP contribution in [0.25, 0.3) is 11.3 Å². The number of phenolic OH excluding ortho intramolecular Hbond substituents is 1. The molecule has 0 aliphatic heterocycles. The number of anilines is 1. The van der Waals surface area contributed by atoms with Crippen LogP contribution in [0.5, 0.6) is 5.75 Å². The second-order valence-corrected chi connectivity index (χ2v) is 12.0. The van der Waals surface area contributed by atoms with Gasteiger partial charge in [-0.1, -0.05) is 0 Å². The summed E-state index contributed by atoms with van der Waals surface area (Å²) in [5.74, 6) is -5.88. The minimum atomic E-state index is -2.69. The van der Waals surface area contributed by atoms with Crippen LogP contribution in [0.1, 0.15) is 28.1 Å². The minimum absolute atomic E-state index is 0.0211. The van der Waals surface area contributed by atoms with Crippen LogP contribution in [0, 0.1) is 11.8 Å². The topological polar surface area (TPSA) is 181 Å². The molecule has 5 rings (SSSR count). The molecule has 224 valence electrons. The van der Waals surface area contributed by atoms with Crippen molar-refractivity contribution in [3.63, 3.8) is 0 Å². The number of fused-ring (bicyclic) bond motifs is 3. The Bertz CT molecular complexity index is 1580. The highest BCUT2D eigenvalue weighted by molar-refractivity contribution is 6.25. The van der Waals surface area contributed by atoms with E-state index in [4.69, 9.17) is 10.2 Å². The van der Waals surface area contributed by atoms with Crippen LogP contribution in [-0.2, 0) is 22.6 Å². The molecule has 0 saturated heterocycles. The summed E-state index contributed by atoms with van der Waals surface area (Å²) in [4.78, 5) is 45.1. The summed E-state index contributed by atoms with van der Waals surface area (Å²) in [5, 5.41) is 45.8. The van der Waals surface area contributed by atoms with E-state index in [1.807, 2.05) is 23.9 Å². The first-order valence-electron chi connectivity index (χ1n) is 13.6. The quantitative estimate of drug-likeness (QED) is 0.313. The molecule has 12 nitrogen and oxygen atoms in total. The third kappa shape index (κ3) is 4.12. The second-order valence-electron chi connectivity index (χ2n) is 12.0. The Morgan fingerprint density at radius 1 is 1.10 bits per heavy atom. The van der Waals surface area contributed by atoms with Crippen LogP contribution < -0.4 is 10.6 Å². The molecule has 1 unspecified atom stereocenters. The molecule has 0 spiro atoms. The van der Waals surface area contributed by atoms with Crippen LogP contribution in [0.15, 0.2) is 45.3 Å². The Balaban J connectivity index is 1.71. The number of amides is 1. The molecule has 3 aliphatic carbocycles. The lowest BCUT2D eigenvalue weighted by Gasteiger charge is -2.50. The van der Waals surface area contributed by atoms with Crippen LogP contribution in [-0.4, -0.2) is 102 Å². The lowest BCUT2D eigenvalue weighted by Crippen LogP contribution is -2.63. The van der Waals surface area contributed by atoms with Gasteiger partial charge in [0.25, 0.3) is 5.91 Å². The van der Waals surface area contributed by atoms with E-state index in [1.165, 1.54) is 4.90 Å². The van der Waals surface area contributed by atoms with E-state index in [9.17, 15) is 34.8 Å². The van der Waals surface area contributed by atoms with Crippen molar-refractivity contribution in [3.8, 4) is 17.1 Å². The third-order valence-electron chi connectivity index (χ3n) is 8.58.